The zero-order chi connectivity index (χ0) is 12.5. The Balaban J connectivity index is 0. The topological polar surface area (TPSA) is 197 Å². The van der Waals surface area contributed by atoms with Crippen molar-refractivity contribution in [3.63, 3.8) is 0 Å². The van der Waals surface area contributed by atoms with Gasteiger partial charge in [0.15, 0.2) is 0 Å². The second-order valence-corrected chi connectivity index (χ2v) is 5.35. The smallest absolute Gasteiger partial charge is 0.352 e. The molecule has 0 aromatic carbocycles. The lowest BCUT2D eigenvalue weighted by molar-refractivity contribution is -0.121. The molecular weight excluding hydrogens is 265 g/mol. The summed E-state index contributed by atoms with van der Waals surface area (Å²) >= 11 is 0. The molecule has 3 atom stereocenters. The van der Waals surface area contributed by atoms with Crippen molar-refractivity contribution in [2.75, 3.05) is 0 Å². The van der Waals surface area contributed by atoms with Gasteiger partial charge in [0.05, 0.1) is 18.2 Å². The van der Waals surface area contributed by atoms with Gasteiger partial charge in [0.25, 0.3) is 0 Å². The maximum Gasteiger partial charge on any atom is 0.352 e. The monoisotopic (exact) mass is 285 g/mol. The van der Waals surface area contributed by atoms with Crippen LogP contribution in [0.25, 0.3) is 0 Å². The number of aliphatic hydroxyl groups excluding tert-OH is 2. The lowest BCUT2D eigenvalue weighted by atomic mass is 9.95. The number of amides is 1. The molecule has 0 aromatic heterocycles. The first kappa shape index (κ1) is 19.5. The Morgan fingerprint density at radius 3 is 2.22 bits per heavy atom. The van der Waals surface area contributed by atoms with E-state index in [1.54, 1.807) is 0 Å². The van der Waals surface area contributed by atoms with Crippen molar-refractivity contribution in [2.24, 2.45) is 0 Å². The van der Waals surface area contributed by atoms with Gasteiger partial charge in [-0.25, -0.2) is 0 Å². The molecule has 0 fully saturated rings. The van der Waals surface area contributed by atoms with Gasteiger partial charge in [-0.05, 0) is 6.08 Å². The molecule has 108 valence electrons. The molecule has 0 saturated carbocycles. The SMILES string of the molecule is CC(=O)N[C@H]1[C@H](O)CC(P(=O)(O)O)=C[C@@H]1O.N.N. The van der Waals surface area contributed by atoms with E-state index in [-0.39, 0.29) is 24.0 Å². The lowest BCUT2D eigenvalue weighted by Crippen LogP contribution is -2.51. The molecule has 0 unspecified atom stereocenters. The summed E-state index contributed by atoms with van der Waals surface area (Å²) in [6.07, 6.45) is -1.82. The Bertz CT molecular complexity index is 368. The van der Waals surface area contributed by atoms with Gasteiger partial charge < -0.3 is 37.6 Å². The van der Waals surface area contributed by atoms with Gasteiger partial charge in [-0.3, -0.25) is 9.36 Å². The van der Waals surface area contributed by atoms with Crippen LogP contribution >= 0.6 is 7.60 Å². The number of carbonyl (C=O) groups excluding carboxylic acids is 1. The maximum atomic E-state index is 10.9. The molecule has 0 heterocycles. The number of hydrogen-bond acceptors (Lipinski definition) is 6. The minimum absolute atomic E-state index is 0. The van der Waals surface area contributed by atoms with Gasteiger partial charge >= 0.3 is 7.60 Å². The Hall–Kier alpha value is -0.800. The van der Waals surface area contributed by atoms with E-state index >= 15 is 0 Å². The van der Waals surface area contributed by atoms with E-state index in [4.69, 9.17) is 9.79 Å². The molecule has 1 rings (SSSR count). The Morgan fingerprint density at radius 1 is 1.39 bits per heavy atom. The van der Waals surface area contributed by atoms with Crippen LogP contribution in [0.3, 0.4) is 0 Å². The van der Waals surface area contributed by atoms with Gasteiger partial charge in [-0.1, -0.05) is 0 Å². The first-order valence-corrected chi connectivity index (χ1v) is 6.23. The molecule has 0 radical (unpaired) electrons. The van der Waals surface area contributed by atoms with Crippen molar-refractivity contribution in [1.82, 2.24) is 17.6 Å². The minimum atomic E-state index is -4.45. The molecule has 0 bridgehead atoms. The van der Waals surface area contributed by atoms with E-state index in [0.717, 1.165) is 6.08 Å². The average molecular weight is 285 g/mol. The summed E-state index contributed by atoms with van der Waals surface area (Å²) in [5.74, 6) is -0.434. The molecule has 1 aliphatic carbocycles. The molecule has 18 heavy (non-hydrogen) atoms. The van der Waals surface area contributed by atoms with E-state index in [1.807, 2.05) is 0 Å². The van der Waals surface area contributed by atoms with Gasteiger partial charge in [-0.15, -0.1) is 0 Å². The van der Waals surface area contributed by atoms with Crippen LogP contribution in [0, 0.1) is 0 Å². The number of hydrogen-bond donors (Lipinski definition) is 7. The molecule has 0 saturated heterocycles. The Morgan fingerprint density at radius 2 is 1.89 bits per heavy atom. The largest absolute Gasteiger partial charge is 0.391 e. The second kappa shape index (κ2) is 6.95. The van der Waals surface area contributed by atoms with E-state index in [0.29, 0.717) is 0 Å². The zero-order valence-electron chi connectivity index (χ0n) is 9.98. The summed E-state index contributed by atoms with van der Waals surface area (Å²) in [6.45, 7) is 1.22. The molecule has 1 amide bonds. The third-order valence-corrected chi connectivity index (χ3v) is 3.39. The molecule has 0 aliphatic heterocycles. The summed E-state index contributed by atoms with van der Waals surface area (Å²) in [7, 11) is -4.45. The Kier molecular flexibility index (Phi) is 7.55. The molecule has 9 nitrogen and oxygen atoms in total. The average Bonchev–Trinajstić information content (AvgIpc) is 2.09. The second-order valence-electron chi connectivity index (χ2n) is 3.69. The fraction of sp³-hybridized carbons (Fsp3) is 0.625. The molecule has 1 aliphatic rings. The van der Waals surface area contributed by atoms with Crippen molar-refractivity contribution in [3.8, 4) is 0 Å². The highest BCUT2D eigenvalue weighted by Gasteiger charge is 2.36. The van der Waals surface area contributed by atoms with Gasteiger partial charge in [0.2, 0.25) is 5.91 Å². The normalized spacial score (nSPS) is 27.4. The van der Waals surface area contributed by atoms with E-state index in [9.17, 15) is 19.6 Å². The van der Waals surface area contributed by atoms with E-state index in [2.05, 4.69) is 5.32 Å². The summed E-state index contributed by atoms with van der Waals surface area (Å²) in [5.41, 5.74) is 0. The van der Waals surface area contributed by atoms with Crippen molar-refractivity contribution in [1.29, 1.82) is 0 Å². The van der Waals surface area contributed by atoms with Gasteiger partial charge in [0.1, 0.15) is 0 Å². The molecule has 11 N–H and O–H groups in total. The molecule has 0 spiro atoms. The van der Waals surface area contributed by atoms with Crippen molar-refractivity contribution < 1.29 is 29.4 Å². The van der Waals surface area contributed by atoms with Crippen molar-refractivity contribution in [2.45, 2.75) is 31.6 Å². The first-order valence-electron chi connectivity index (χ1n) is 4.62. The lowest BCUT2D eigenvalue weighted by Gasteiger charge is -2.31. The minimum Gasteiger partial charge on any atom is -0.391 e. The number of carbonyl (C=O) groups is 1. The zero-order valence-corrected chi connectivity index (χ0v) is 10.9. The summed E-state index contributed by atoms with van der Waals surface area (Å²) in [6, 6.07) is -0.937. The third kappa shape index (κ3) is 4.83. The fourth-order valence-corrected chi connectivity index (χ4v) is 2.34. The van der Waals surface area contributed by atoms with Gasteiger partial charge in [-0.2, -0.15) is 0 Å². The number of nitrogens with one attached hydrogen (secondary N) is 1. The predicted octanol–water partition coefficient (Wildman–Crippen LogP) is -0.998. The van der Waals surface area contributed by atoms with Crippen LogP contribution in [0.5, 0.6) is 0 Å². The standard InChI is InChI=1S/C8H14NO6P.2H3N/c1-4(10)9-8-6(11)2-5(3-7(8)12)16(13,14)15;;/h2,6-8,11-12H,3H2,1H3,(H,9,10)(H2,13,14,15);2*1H3/t6-,7+,8+;;/m0../s1. The van der Waals surface area contributed by atoms with Crippen LogP contribution in [-0.4, -0.2) is 44.2 Å². The molecule has 0 aromatic rings. The van der Waals surface area contributed by atoms with Crippen LogP contribution in [0.15, 0.2) is 11.4 Å². The van der Waals surface area contributed by atoms with Crippen molar-refractivity contribution in [3.05, 3.63) is 11.4 Å². The van der Waals surface area contributed by atoms with Crippen LogP contribution in [0.4, 0.5) is 0 Å². The number of rotatable bonds is 2. The van der Waals surface area contributed by atoms with Crippen LogP contribution in [0.1, 0.15) is 13.3 Å². The van der Waals surface area contributed by atoms with Crippen LogP contribution in [-0.2, 0) is 9.36 Å². The third-order valence-electron chi connectivity index (χ3n) is 2.31. The van der Waals surface area contributed by atoms with Crippen LogP contribution < -0.4 is 17.6 Å². The summed E-state index contributed by atoms with van der Waals surface area (Å²) in [5, 5.41) is 21.1. The predicted molar refractivity (Wildman–Crippen MR) is 64.4 cm³/mol. The highest BCUT2D eigenvalue weighted by molar-refractivity contribution is 7.56. The quantitative estimate of drug-likeness (QED) is 0.313. The highest BCUT2D eigenvalue weighted by Crippen LogP contribution is 2.49. The van der Waals surface area contributed by atoms with Crippen molar-refractivity contribution >= 4 is 13.5 Å². The molecular formula is C8H20N3O6P. The Labute approximate surface area is 104 Å². The fourth-order valence-electron chi connectivity index (χ4n) is 1.57. The van der Waals surface area contributed by atoms with E-state index < -0.39 is 31.8 Å². The summed E-state index contributed by atoms with van der Waals surface area (Å²) < 4.78 is 10.9. The van der Waals surface area contributed by atoms with Crippen LogP contribution in [0.2, 0.25) is 0 Å². The number of aliphatic hydroxyl groups is 2. The van der Waals surface area contributed by atoms with Gasteiger partial charge in [0, 0.05) is 18.7 Å². The first-order chi connectivity index (χ1) is 7.21. The highest BCUT2D eigenvalue weighted by atomic mass is 31.2. The van der Waals surface area contributed by atoms with E-state index in [1.165, 1.54) is 6.92 Å². The molecule has 10 heteroatoms. The maximum absolute atomic E-state index is 10.9. The summed E-state index contributed by atoms with van der Waals surface area (Å²) in [4.78, 5) is 28.5.